The normalized spacial score (nSPS) is 23.7. The van der Waals surface area contributed by atoms with Gasteiger partial charge in [-0.15, -0.1) is 0 Å². The zero-order valence-electron chi connectivity index (χ0n) is 6.95. The second-order valence-corrected chi connectivity index (χ2v) is 3.18. The Labute approximate surface area is 72.5 Å². The second kappa shape index (κ2) is 3.24. The van der Waals surface area contributed by atoms with E-state index < -0.39 is 5.24 Å². The van der Waals surface area contributed by atoms with E-state index in [1.165, 1.54) is 0 Å². The first-order valence-electron chi connectivity index (χ1n) is 3.80. The lowest BCUT2D eigenvalue weighted by Crippen LogP contribution is -2.57. The number of likely N-dealkylation sites (N-methyl/N-ethyl adjacent to an activating group) is 1. The van der Waals surface area contributed by atoms with E-state index in [1.807, 2.05) is 4.90 Å². The van der Waals surface area contributed by atoms with Gasteiger partial charge in [-0.25, -0.2) is 0 Å². The first-order chi connectivity index (χ1) is 5.00. The van der Waals surface area contributed by atoms with Gasteiger partial charge in [0.2, 0.25) is 0 Å². The molecule has 1 saturated heterocycles. The van der Waals surface area contributed by atoms with Crippen LogP contribution in [0.1, 0.15) is 0 Å². The zero-order valence-corrected chi connectivity index (χ0v) is 6.95. The summed E-state index contributed by atoms with van der Waals surface area (Å²) in [6.07, 6.45) is 0. The fourth-order valence-corrected chi connectivity index (χ4v) is 1.19. The van der Waals surface area contributed by atoms with Crippen molar-refractivity contribution in [1.82, 2.24) is 9.80 Å². The molecule has 0 spiro atoms. The number of nitrogens with zero attached hydrogens (tertiary/aromatic N) is 2. The molecule has 1 fully saturated rings. The minimum atomic E-state index is -1.14. The Morgan fingerprint density at radius 3 is 1.82 bits per heavy atom. The average molecular weight is 144 g/mol. The zero-order chi connectivity index (χ0) is 8.48. The Bertz CT molecular complexity index is 126. The predicted octanol–water partition coefficient (Wildman–Crippen LogP) is -1.65. The van der Waals surface area contributed by atoms with E-state index in [1.54, 1.807) is 0 Å². The molecule has 0 atom stereocenters. The third-order valence-corrected chi connectivity index (χ3v) is 2.05. The maximum Gasteiger partial charge on any atom is 0.0698 e. The highest BCUT2D eigenvalue weighted by atomic mass is 15.3. The van der Waals surface area contributed by atoms with E-state index in [0.29, 0.717) is 0 Å². The van der Waals surface area contributed by atoms with E-state index >= 15 is 0 Å². The molecule has 1 aliphatic rings. The highest BCUT2D eigenvalue weighted by Crippen LogP contribution is 2.06. The molecule has 0 N–H and O–H groups in total. The smallest absolute Gasteiger partial charge is 0.0698 e. The fraction of sp³-hybridized carbons (Fsp3) is 1.00. The van der Waals surface area contributed by atoms with Crippen molar-refractivity contribution in [2.75, 3.05) is 33.2 Å². The summed E-state index contributed by atoms with van der Waals surface area (Å²) in [5, 5.41) is -1.14. The van der Waals surface area contributed by atoms with Crippen LogP contribution in [0.5, 0.6) is 0 Å². The van der Waals surface area contributed by atoms with Crippen LogP contribution in [-0.2, 0) is 0 Å². The topological polar surface area (TPSA) is 6.48 Å². The molecular formula is C6H11B3N2. The van der Waals surface area contributed by atoms with E-state index in [2.05, 4.69) is 11.9 Å². The van der Waals surface area contributed by atoms with Gasteiger partial charge in [-0.3, -0.25) is 0 Å². The van der Waals surface area contributed by atoms with Gasteiger partial charge < -0.3 is 9.80 Å². The van der Waals surface area contributed by atoms with Crippen molar-refractivity contribution in [1.29, 1.82) is 0 Å². The highest BCUT2D eigenvalue weighted by Gasteiger charge is 2.22. The third-order valence-electron chi connectivity index (χ3n) is 2.05. The molecule has 2 nitrogen and oxygen atoms in total. The molecule has 1 aliphatic heterocycles. The quantitative estimate of drug-likeness (QED) is 0.406. The van der Waals surface area contributed by atoms with Gasteiger partial charge in [0.05, 0.1) is 23.5 Å². The van der Waals surface area contributed by atoms with Gasteiger partial charge in [-0.1, -0.05) is 5.24 Å². The molecule has 0 saturated carbocycles. The number of hydrogen-bond acceptors (Lipinski definition) is 2. The maximum absolute atomic E-state index is 5.52. The van der Waals surface area contributed by atoms with Crippen LogP contribution in [0.2, 0.25) is 0 Å². The van der Waals surface area contributed by atoms with Gasteiger partial charge >= 0.3 is 0 Å². The molecule has 11 heavy (non-hydrogen) atoms. The molecule has 54 valence electrons. The Kier molecular flexibility index (Phi) is 2.71. The largest absolute Gasteiger partial charge is 0.320 e. The monoisotopic (exact) mass is 144 g/mol. The van der Waals surface area contributed by atoms with Crippen molar-refractivity contribution in [3.05, 3.63) is 0 Å². The number of piperazine rings is 1. The molecule has 0 aliphatic carbocycles. The van der Waals surface area contributed by atoms with E-state index in [0.717, 1.165) is 26.2 Å². The summed E-state index contributed by atoms with van der Waals surface area (Å²) < 4.78 is 0. The summed E-state index contributed by atoms with van der Waals surface area (Å²) in [6, 6.07) is 0. The van der Waals surface area contributed by atoms with Gasteiger partial charge in [0, 0.05) is 26.2 Å². The van der Waals surface area contributed by atoms with Crippen LogP contribution in [0.4, 0.5) is 0 Å². The lowest BCUT2D eigenvalue weighted by Gasteiger charge is -2.42. The lowest BCUT2D eigenvalue weighted by molar-refractivity contribution is 0.152. The molecule has 0 aromatic heterocycles. The van der Waals surface area contributed by atoms with Crippen LogP contribution in [0.3, 0.4) is 0 Å². The van der Waals surface area contributed by atoms with E-state index in [4.69, 9.17) is 23.5 Å². The lowest BCUT2D eigenvalue weighted by atomic mass is 9.48. The third kappa shape index (κ3) is 2.56. The van der Waals surface area contributed by atoms with Crippen LogP contribution >= 0.6 is 0 Å². The summed E-state index contributed by atoms with van der Waals surface area (Å²) in [4.78, 5) is 4.11. The molecule has 0 aromatic carbocycles. The molecule has 0 amide bonds. The SMILES string of the molecule is [B]C([B])([B])N1CCN(C)CC1. The maximum atomic E-state index is 5.52. The molecule has 6 radical (unpaired) electrons. The molecule has 0 aromatic rings. The van der Waals surface area contributed by atoms with Crippen LogP contribution in [0.25, 0.3) is 0 Å². The van der Waals surface area contributed by atoms with Crippen molar-refractivity contribution in [3.8, 4) is 0 Å². The van der Waals surface area contributed by atoms with Crippen molar-refractivity contribution < 1.29 is 0 Å². The average Bonchev–Trinajstić information content (AvgIpc) is 1.86. The van der Waals surface area contributed by atoms with Gasteiger partial charge in [-0.05, 0) is 7.05 Å². The molecule has 0 unspecified atom stereocenters. The fourth-order valence-electron chi connectivity index (χ4n) is 1.19. The summed E-state index contributed by atoms with van der Waals surface area (Å²) in [5.41, 5.74) is 0. The first kappa shape index (κ1) is 9.20. The molecule has 1 rings (SSSR count). The van der Waals surface area contributed by atoms with Gasteiger partial charge in [0.15, 0.2) is 0 Å². The minimum Gasteiger partial charge on any atom is -0.320 e. The van der Waals surface area contributed by atoms with Crippen molar-refractivity contribution >= 4 is 23.5 Å². The van der Waals surface area contributed by atoms with Crippen LogP contribution in [0, 0.1) is 0 Å². The summed E-state index contributed by atoms with van der Waals surface area (Å²) >= 11 is 0. The summed E-state index contributed by atoms with van der Waals surface area (Å²) in [7, 11) is 18.6. The van der Waals surface area contributed by atoms with Crippen molar-refractivity contribution in [2.45, 2.75) is 5.24 Å². The van der Waals surface area contributed by atoms with Gasteiger partial charge in [0.1, 0.15) is 0 Å². The summed E-state index contributed by atoms with van der Waals surface area (Å²) in [5.74, 6) is 0. The van der Waals surface area contributed by atoms with Crippen molar-refractivity contribution in [3.63, 3.8) is 0 Å². The minimum absolute atomic E-state index is 0.847. The molecule has 5 heteroatoms. The van der Waals surface area contributed by atoms with Gasteiger partial charge in [-0.2, -0.15) is 0 Å². The molecule has 1 heterocycles. The van der Waals surface area contributed by atoms with E-state index in [9.17, 15) is 0 Å². The summed E-state index contributed by atoms with van der Waals surface area (Å²) in [6.45, 7) is 3.65. The Balaban J connectivity index is 2.39. The molecular weight excluding hydrogens is 133 g/mol. The Morgan fingerprint density at radius 1 is 1.00 bits per heavy atom. The molecule has 0 bridgehead atoms. The first-order valence-corrected chi connectivity index (χ1v) is 3.80. The van der Waals surface area contributed by atoms with Crippen LogP contribution in [-0.4, -0.2) is 71.8 Å². The Hall–Kier alpha value is 0.115. The Morgan fingerprint density at radius 2 is 1.45 bits per heavy atom. The second-order valence-electron chi connectivity index (χ2n) is 3.18. The van der Waals surface area contributed by atoms with Crippen LogP contribution < -0.4 is 0 Å². The number of rotatable bonds is 1. The number of hydrogen-bond donors (Lipinski definition) is 0. The van der Waals surface area contributed by atoms with Crippen molar-refractivity contribution in [2.24, 2.45) is 0 Å². The van der Waals surface area contributed by atoms with E-state index in [-0.39, 0.29) is 0 Å². The predicted molar refractivity (Wildman–Crippen MR) is 49.1 cm³/mol. The standard InChI is InChI=1S/C6H11B3N2/c1-10-2-4-11(5-3-10)6(7,8)9/h2-5H2,1H3. The van der Waals surface area contributed by atoms with Gasteiger partial charge in [0.25, 0.3) is 0 Å². The van der Waals surface area contributed by atoms with Crippen LogP contribution in [0.15, 0.2) is 0 Å². The highest BCUT2D eigenvalue weighted by molar-refractivity contribution is 6.59.